The van der Waals surface area contributed by atoms with Crippen LogP contribution in [0.4, 0.5) is 39.5 Å². The second kappa shape index (κ2) is 5.01. The molecule has 0 aliphatic heterocycles. The highest BCUT2D eigenvalue weighted by atomic mass is 32.2. The summed E-state index contributed by atoms with van der Waals surface area (Å²) < 4.78 is 143. The monoisotopic (exact) mass is 362 g/mol. The fourth-order valence-corrected chi connectivity index (χ4v) is 2.26. The fraction of sp³-hybridized carbons (Fsp3) is 0.333. The van der Waals surface area contributed by atoms with Gasteiger partial charge in [0.2, 0.25) is 0 Å². The Bertz CT molecular complexity index is 682. The van der Waals surface area contributed by atoms with E-state index in [-0.39, 0.29) is 0 Å². The summed E-state index contributed by atoms with van der Waals surface area (Å²) >= 11 is 0. The summed E-state index contributed by atoms with van der Waals surface area (Å²) in [4.78, 5) is -2.53. The van der Waals surface area contributed by atoms with Gasteiger partial charge in [-0.15, -0.1) is 0 Å². The molecule has 126 valence electrons. The summed E-state index contributed by atoms with van der Waals surface area (Å²) in [5.74, 6) is 0. The van der Waals surface area contributed by atoms with Crippen LogP contribution in [0, 0.1) is 0 Å². The van der Waals surface area contributed by atoms with Gasteiger partial charge >= 0.3 is 18.5 Å². The Balaban J connectivity index is 4.05. The quantitative estimate of drug-likeness (QED) is 0.607. The third kappa shape index (κ3) is 3.82. The first kappa shape index (κ1) is 18.5. The highest BCUT2D eigenvalue weighted by Gasteiger charge is 2.49. The molecule has 0 heterocycles. The molecule has 0 saturated heterocycles. The number of benzene rings is 1. The lowest BCUT2D eigenvalue weighted by Crippen LogP contribution is -2.23. The van der Waals surface area contributed by atoms with Crippen molar-refractivity contribution in [1.29, 1.82) is 0 Å². The minimum atomic E-state index is -6.00. The van der Waals surface area contributed by atoms with Crippen molar-refractivity contribution in [3.63, 3.8) is 0 Å². The molecular weight excluding hydrogens is 359 g/mol. The van der Waals surface area contributed by atoms with Crippen LogP contribution < -0.4 is 0 Å². The lowest BCUT2D eigenvalue weighted by atomic mass is 10.0. The number of alkyl halides is 9. The van der Waals surface area contributed by atoms with Crippen LogP contribution in [0.25, 0.3) is 0 Å². The summed E-state index contributed by atoms with van der Waals surface area (Å²) in [6.07, 6.45) is -17.5. The number of rotatable bonds is 1. The van der Waals surface area contributed by atoms with Crippen LogP contribution in [0.15, 0.2) is 17.0 Å². The zero-order valence-corrected chi connectivity index (χ0v) is 10.5. The molecule has 0 aromatic heterocycles. The highest BCUT2D eigenvalue weighted by Crippen LogP contribution is 2.46. The number of halogens is 9. The molecule has 0 saturated carbocycles. The van der Waals surface area contributed by atoms with Crippen LogP contribution >= 0.6 is 0 Å². The molecule has 0 spiro atoms. The molecule has 0 amide bonds. The van der Waals surface area contributed by atoms with Gasteiger partial charge < -0.3 is 0 Å². The maximum absolute atomic E-state index is 12.6. The van der Waals surface area contributed by atoms with E-state index in [9.17, 15) is 47.9 Å². The third-order valence-corrected chi connectivity index (χ3v) is 3.17. The lowest BCUT2D eigenvalue weighted by Gasteiger charge is -2.20. The van der Waals surface area contributed by atoms with Gasteiger partial charge in [-0.1, -0.05) is 0 Å². The number of hydrogen-bond acceptors (Lipinski definition) is 2. The fourth-order valence-electron chi connectivity index (χ4n) is 1.50. The van der Waals surface area contributed by atoms with Gasteiger partial charge in [0.15, 0.2) is 0 Å². The van der Waals surface area contributed by atoms with E-state index in [1.165, 1.54) is 0 Å². The van der Waals surface area contributed by atoms with Crippen molar-refractivity contribution < 1.29 is 52.5 Å². The molecule has 0 atom stereocenters. The van der Waals surface area contributed by atoms with Crippen molar-refractivity contribution in [2.45, 2.75) is 23.4 Å². The van der Waals surface area contributed by atoms with E-state index in [2.05, 4.69) is 0 Å². The largest absolute Gasteiger partial charge is 0.418 e. The molecule has 0 aliphatic carbocycles. The van der Waals surface area contributed by atoms with Crippen LogP contribution in [-0.4, -0.2) is 13.0 Å². The van der Waals surface area contributed by atoms with E-state index in [1.807, 2.05) is 0 Å². The van der Waals surface area contributed by atoms with Gasteiger partial charge in [0.25, 0.3) is 10.1 Å². The molecule has 22 heavy (non-hydrogen) atoms. The molecule has 0 fully saturated rings. The first-order valence-corrected chi connectivity index (χ1v) is 6.27. The predicted octanol–water partition coefficient (Wildman–Crippen LogP) is 3.99. The van der Waals surface area contributed by atoms with Gasteiger partial charge in [-0.05, 0) is 12.1 Å². The predicted molar refractivity (Wildman–Crippen MR) is 51.3 cm³/mol. The van der Waals surface area contributed by atoms with Gasteiger partial charge in [0.05, 0.1) is 16.7 Å². The topological polar surface area (TPSA) is 54.4 Å². The van der Waals surface area contributed by atoms with E-state index < -0.39 is 62.4 Å². The standard InChI is InChI=1S/C9H3F9O3S/c10-7(11,12)3-1-4(8(13,14)15)6(9(16,17)18)5(2-3)22(19,20)21/h1-2H,(H,19,20,21). The third-order valence-electron chi connectivity index (χ3n) is 2.30. The zero-order valence-electron chi connectivity index (χ0n) is 9.73. The Morgan fingerprint density at radius 3 is 1.50 bits per heavy atom. The van der Waals surface area contributed by atoms with Gasteiger partial charge in [0.1, 0.15) is 4.90 Å². The van der Waals surface area contributed by atoms with E-state index in [4.69, 9.17) is 4.55 Å². The smallest absolute Gasteiger partial charge is 0.282 e. The van der Waals surface area contributed by atoms with Crippen molar-refractivity contribution in [3.8, 4) is 0 Å². The van der Waals surface area contributed by atoms with Gasteiger partial charge in [-0.25, -0.2) is 0 Å². The molecule has 1 N–H and O–H groups in total. The lowest BCUT2D eigenvalue weighted by molar-refractivity contribution is -0.165. The van der Waals surface area contributed by atoms with Crippen molar-refractivity contribution in [2.24, 2.45) is 0 Å². The maximum atomic E-state index is 12.6. The molecule has 1 aromatic carbocycles. The normalized spacial score (nSPS) is 14.3. The second-order valence-electron chi connectivity index (χ2n) is 3.87. The molecular formula is C9H3F9O3S. The van der Waals surface area contributed by atoms with Crippen molar-refractivity contribution >= 4 is 10.1 Å². The van der Waals surface area contributed by atoms with Gasteiger partial charge in [-0.2, -0.15) is 47.9 Å². The second-order valence-corrected chi connectivity index (χ2v) is 5.26. The Labute approximate surface area is 116 Å². The van der Waals surface area contributed by atoms with Crippen molar-refractivity contribution in [3.05, 3.63) is 28.8 Å². The molecule has 1 rings (SSSR count). The minimum absolute atomic E-state index is 0.715. The summed E-state index contributed by atoms with van der Waals surface area (Å²) in [7, 11) is -6.00. The van der Waals surface area contributed by atoms with E-state index in [0.717, 1.165) is 0 Å². The van der Waals surface area contributed by atoms with Gasteiger partial charge in [-0.3, -0.25) is 4.55 Å². The zero-order chi connectivity index (χ0) is 17.7. The van der Waals surface area contributed by atoms with Gasteiger partial charge in [0, 0.05) is 0 Å². The SMILES string of the molecule is O=S(=O)(O)c1cc(C(F)(F)F)cc(C(F)(F)F)c1C(F)(F)F. The summed E-state index contributed by atoms with van der Waals surface area (Å²) in [5, 5.41) is 0. The van der Waals surface area contributed by atoms with Crippen molar-refractivity contribution in [2.75, 3.05) is 0 Å². The van der Waals surface area contributed by atoms with E-state index >= 15 is 0 Å². The first-order chi connectivity index (χ1) is 9.45. The van der Waals surface area contributed by atoms with Crippen LogP contribution in [-0.2, 0) is 28.6 Å². The first-order valence-electron chi connectivity index (χ1n) is 4.83. The summed E-state index contributed by atoms with van der Waals surface area (Å²) in [5.41, 5.74) is -8.10. The molecule has 0 radical (unpaired) electrons. The van der Waals surface area contributed by atoms with Crippen LogP contribution in [0.1, 0.15) is 16.7 Å². The molecule has 13 heteroatoms. The molecule has 3 nitrogen and oxygen atoms in total. The molecule has 0 bridgehead atoms. The maximum Gasteiger partial charge on any atom is 0.418 e. The average Bonchev–Trinajstić information content (AvgIpc) is 2.22. The van der Waals surface area contributed by atoms with Crippen LogP contribution in [0.3, 0.4) is 0 Å². The van der Waals surface area contributed by atoms with Crippen LogP contribution in [0.2, 0.25) is 0 Å². The average molecular weight is 362 g/mol. The highest BCUT2D eigenvalue weighted by molar-refractivity contribution is 7.85. The minimum Gasteiger partial charge on any atom is -0.282 e. The summed E-state index contributed by atoms with van der Waals surface area (Å²) in [6.45, 7) is 0. The molecule has 1 aromatic rings. The van der Waals surface area contributed by atoms with Crippen LogP contribution in [0.5, 0.6) is 0 Å². The van der Waals surface area contributed by atoms with E-state index in [1.54, 1.807) is 0 Å². The number of hydrogen-bond donors (Lipinski definition) is 1. The summed E-state index contributed by atoms with van der Waals surface area (Å²) in [6, 6.07) is -1.59. The Morgan fingerprint density at radius 2 is 1.23 bits per heavy atom. The Kier molecular flexibility index (Phi) is 4.22. The molecule has 0 unspecified atom stereocenters. The molecule has 0 aliphatic rings. The van der Waals surface area contributed by atoms with Crippen molar-refractivity contribution in [1.82, 2.24) is 0 Å². The Morgan fingerprint density at radius 1 is 0.773 bits per heavy atom. The Hall–Kier alpha value is -1.50. The van der Waals surface area contributed by atoms with E-state index in [0.29, 0.717) is 0 Å².